The third-order valence-electron chi connectivity index (χ3n) is 4.89. The first-order valence-electron chi connectivity index (χ1n) is 10.4. The molecule has 1 heterocycles. The minimum atomic E-state index is -3.63. The summed E-state index contributed by atoms with van der Waals surface area (Å²) in [6.45, 7) is 8.64. The number of nitrogens with one attached hydrogen (secondary N) is 1. The molecule has 0 aromatic heterocycles. The maximum absolute atomic E-state index is 12.9. The van der Waals surface area contributed by atoms with Crippen molar-refractivity contribution in [2.24, 2.45) is 0 Å². The second kappa shape index (κ2) is 9.80. The predicted octanol–water partition coefficient (Wildman–Crippen LogP) is 3.20. The van der Waals surface area contributed by atoms with Gasteiger partial charge in [-0.3, -0.25) is 4.79 Å². The number of rotatable bonds is 7. The van der Waals surface area contributed by atoms with Gasteiger partial charge in [-0.05, 0) is 69.7 Å². The van der Waals surface area contributed by atoms with Gasteiger partial charge in [0.25, 0.3) is 5.91 Å². The number of hydrogen-bond donors (Lipinski definition) is 1. The van der Waals surface area contributed by atoms with Gasteiger partial charge in [0.05, 0.1) is 23.2 Å². The first-order valence-corrected chi connectivity index (χ1v) is 11.9. The Bertz CT molecular complexity index is 978. The average Bonchev–Trinajstić information content (AvgIpc) is 2.72. The fourth-order valence-corrected chi connectivity index (χ4v) is 5.09. The van der Waals surface area contributed by atoms with Crippen molar-refractivity contribution in [2.45, 2.75) is 57.4 Å². The Morgan fingerprint density at radius 2 is 1.65 bits per heavy atom. The highest BCUT2D eigenvalue weighted by Gasteiger charge is 2.32. The van der Waals surface area contributed by atoms with Gasteiger partial charge in [0, 0.05) is 25.2 Å². The van der Waals surface area contributed by atoms with Gasteiger partial charge in [-0.1, -0.05) is 12.1 Å². The van der Waals surface area contributed by atoms with Gasteiger partial charge >= 0.3 is 0 Å². The summed E-state index contributed by atoms with van der Waals surface area (Å²) in [6, 6.07) is 13.6. The molecule has 1 saturated heterocycles. The van der Waals surface area contributed by atoms with Crippen molar-refractivity contribution in [3.05, 3.63) is 59.7 Å². The summed E-state index contributed by atoms with van der Waals surface area (Å²) in [5, 5.41) is 2.85. The quantitative estimate of drug-likeness (QED) is 0.706. The topological polar surface area (TPSA) is 84.9 Å². The number of benzene rings is 2. The van der Waals surface area contributed by atoms with Gasteiger partial charge in [0.15, 0.2) is 0 Å². The summed E-state index contributed by atoms with van der Waals surface area (Å²) >= 11 is 0. The lowest BCUT2D eigenvalue weighted by molar-refractivity contribution is -0.0440. The molecule has 0 aliphatic carbocycles. The summed E-state index contributed by atoms with van der Waals surface area (Å²) < 4.78 is 38.5. The molecule has 168 valence electrons. The van der Waals surface area contributed by atoms with Gasteiger partial charge in [-0.25, -0.2) is 8.42 Å². The fourth-order valence-electron chi connectivity index (χ4n) is 3.50. The van der Waals surface area contributed by atoms with Crippen LogP contribution in [0.1, 0.15) is 43.6 Å². The first kappa shape index (κ1) is 23.2. The largest absolute Gasteiger partial charge is 0.491 e. The average molecular weight is 447 g/mol. The van der Waals surface area contributed by atoms with Crippen molar-refractivity contribution in [1.29, 1.82) is 0 Å². The van der Waals surface area contributed by atoms with Crippen LogP contribution < -0.4 is 10.1 Å². The zero-order valence-corrected chi connectivity index (χ0v) is 19.2. The maximum atomic E-state index is 12.9. The number of amides is 1. The summed E-state index contributed by atoms with van der Waals surface area (Å²) in [6.07, 6.45) is -0.212. The van der Waals surface area contributed by atoms with Crippen LogP contribution >= 0.6 is 0 Å². The summed E-state index contributed by atoms with van der Waals surface area (Å²) in [4.78, 5) is 12.6. The molecule has 1 amide bonds. The number of morpholine rings is 1. The van der Waals surface area contributed by atoms with Crippen molar-refractivity contribution in [3.63, 3.8) is 0 Å². The molecule has 1 fully saturated rings. The highest BCUT2D eigenvalue weighted by atomic mass is 32.2. The van der Waals surface area contributed by atoms with Crippen LogP contribution in [0.4, 0.5) is 0 Å². The van der Waals surface area contributed by atoms with E-state index < -0.39 is 10.0 Å². The Morgan fingerprint density at radius 3 is 2.19 bits per heavy atom. The molecule has 2 aromatic rings. The minimum Gasteiger partial charge on any atom is -0.491 e. The van der Waals surface area contributed by atoms with E-state index in [0.717, 1.165) is 11.3 Å². The zero-order valence-electron chi connectivity index (χ0n) is 18.4. The highest BCUT2D eigenvalue weighted by Crippen LogP contribution is 2.21. The molecular weight excluding hydrogens is 416 g/mol. The molecule has 1 aliphatic rings. The van der Waals surface area contributed by atoms with Gasteiger partial charge in [-0.2, -0.15) is 4.31 Å². The lowest BCUT2D eigenvalue weighted by Gasteiger charge is -2.34. The smallest absolute Gasteiger partial charge is 0.251 e. The molecule has 3 rings (SSSR count). The van der Waals surface area contributed by atoms with Crippen LogP contribution in [0, 0.1) is 0 Å². The van der Waals surface area contributed by atoms with Crippen LogP contribution in [0.5, 0.6) is 5.75 Å². The molecule has 1 N–H and O–H groups in total. The van der Waals surface area contributed by atoms with Gasteiger partial charge in [0.2, 0.25) is 10.0 Å². The fraction of sp³-hybridized carbons (Fsp3) is 0.435. The molecule has 0 spiro atoms. The molecule has 31 heavy (non-hydrogen) atoms. The predicted molar refractivity (Wildman–Crippen MR) is 119 cm³/mol. The Hall–Kier alpha value is -2.42. The summed E-state index contributed by atoms with van der Waals surface area (Å²) in [5.74, 6) is 0.519. The van der Waals surface area contributed by atoms with E-state index in [-0.39, 0.29) is 29.1 Å². The van der Waals surface area contributed by atoms with Crippen molar-refractivity contribution in [2.75, 3.05) is 13.1 Å². The molecule has 2 aromatic carbocycles. The monoisotopic (exact) mass is 446 g/mol. The van der Waals surface area contributed by atoms with Crippen LogP contribution in [0.2, 0.25) is 0 Å². The van der Waals surface area contributed by atoms with Crippen LogP contribution in [-0.4, -0.2) is 50.0 Å². The minimum absolute atomic E-state index is 0.104. The Kier molecular flexibility index (Phi) is 7.35. The van der Waals surface area contributed by atoms with E-state index in [1.165, 1.54) is 28.6 Å². The van der Waals surface area contributed by atoms with Crippen LogP contribution in [0.3, 0.4) is 0 Å². The second-order valence-electron chi connectivity index (χ2n) is 8.10. The van der Waals surface area contributed by atoms with Crippen molar-refractivity contribution < 1.29 is 22.7 Å². The number of carbonyl (C=O) groups excluding carboxylic acids is 1. The van der Waals surface area contributed by atoms with Gasteiger partial charge < -0.3 is 14.8 Å². The Labute approximate surface area is 184 Å². The van der Waals surface area contributed by atoms with E-state index in [1.807, 2.05) is 52.0 Å². The molecule has 0 saturated carbocycles. The lowest BCUT2D eigenvalue weighted by Crippen LogP contribution is -2.48. The van der Waals surface area contributed by atoms with E-state index in [9.17, 15) is 13.2 Å². The van der Waals surface area contributed by atoms with E-state index in [0.29, 0.717) is 25.2 Å². The Morgan fingerprint density at radius 1 is 1.06 bits per heavy atom. The van der Waals surface area contributed by atoms with E-state index in [1.54, 1.807) is 0 Å². The third-order valence-corrected chi connectivity index (χ3v) is 6.73. The van der Waals surface area contributed by atoms with Crippen LogP contribution in [-0.2, 0) is 21.3 Å². The van der Waals surface area contributed by atoms with E-state index in [2.05, 4.69) is 5.32 Å². The number of hydrogen-bond acceptors (Lipinski definition) is 5. The van der Waals surface area contributed by atoms with Crippen LogP contribution in [0.25, 0.3) is 0 Å². The first-order chi connectivity index (χ1) is 14.6. The highest BCUT2D eigenvalue weighted by molar-refractivity contribution is 7.89. The molecule has 2 atom stereocenters. The third kappa shape index (κ3) is 6.06. The zero-order chi connectivity index (χ0) is 22.6. The van der Waals surface area contributed by atoms with Gasteiger partial charge in [-0.15, -0.1) is 0 Å². The van der Waals surface area contributed by atoms with Gasteiger partial charge in [0.1, 0.15) is 5.75 Å². The Balaban J connectivity index is 1.61. The SMILES string of the molecule is CC(C)Oc1ccc(CNC(=O)c2ccc(S(=O)(=O)N3CC(C)OC(C)C3)cc2)cc1. The maximum Gasteiger partial charge on any atom is 0.251 e. The molecule has 2 unspecified atom stereocenters. The summed E-state index contributed by atoms with van der Waals surface area (Å²) in [5.41, 5.74) is 1.35. The number of sulfonamides is 1. The lowest BCUT2D eigenvalue weighted by atomic mass is 10.2. The van der Waals surface area contributed by atoms with Crippen LogP contribution in [0.15, 0.2) is 53.4 Å². The molecule has 1 aliphatic heterocycles. The molecule has 8 heteroatoms. The molecule has 0 bridgehead atoms. The normalized spacial score (nSPS) is 19.9. The van der Waals surface area contributed by atoms with Crippen molar-refractivity contribution in [1.82, 2.24) is 9.62 Å². The molecule has 0 radical (unpaired) electrons. The van der Waals surface area contributed by atoms with E-state index in [4.69, 9.17) is 9.47 Å². The number of carbonyl (C=O) groups is 1. The molecule has 7 nitrogen and oxygen atoms in total. The summed E-state index contributed by atoms with van der Waals surface area (Å²) in [7, 11) is -3.63. The molecular formula is C23H30N2O5S. The van der Waals surface area contributed by atoms with E-state index >= 15 is 0 Å². The number of ether oxygens (including phenoxy) is 2. The standard InChI is InChI=1S/C23H30N2O5S/c1-16(2)29-21-9-5-19(6-10-21)13-24-23(26)20-7-11-22(12-8-20)31(27,28)25-14-17(3)30-18(4)15-25/h5-12,16-18H,13-15H2,1-4H3,(H,24,26). The van der Waals surface area contributed by atoms with Crippen molar-refractivity contribution >= 4 is 15.9 Å². The second-order valence-corrected chi connectivity index (χ2v) is 10.0. The van der Waals surface area contributed by atoms with Crippen molar-refractivity contribution in [3.8, 4) is 5.75 Å². The number of nitrogens with zero attached hydrogens (tertiary/aromatic N) is 1.